The second-order valence-electron chi connectivity index (χ2n) is 3.22. The minimum absolute atomic E-state index is 0.160. The third-order valence-electron chi connectivity index (χ3n) is 2.16. The topological polar surface area (TPSA) is 78.5 Å². The molecule has 0 amide bonds. The predicted molar refractivity (Wildman–Crippen MR) is 68.2 cm³/mol. The Labute approximate surface area is 112 Å². The summed E-state index contributed by atoms with van der Waals surface area (Å²) in [5.74, 6) is 0.160. The lowest BCUT2D eigenvalue weighted by molar-refractivity contribution is 1.08. The summed E-state index contributed by atoms with van der Waals surface area (Å²) in [5.41, 5.74) is 6.72. The minimum atomic E-state index is 0.160. The standard InChI is InChI=1S/C10H5Cl3N4/c11-4-1-5(12)8(6(13)2-4)9-7(3-14)16-17-10(9)15/h1-2H,(H3,15,16,17). The maximum atomic E-state index is 8.94. The second-order valence-corrected chi connectivity index (χ2v) is 4.47. The molecule has 0 aliphatic rings. The Balaban J connectivity index is 2.78. The first kappa shape index (κ1) is 12.1. The van der Waals surface area contributed by atoms with E-state index >= 15 is 0 Å². The fraction of sp³-hybridized carbons (Fsp3) is 0. The van der Waals surface area contributed by atoms with Crippen molar-refractivity contribution in [3.8, 4) is 17.2 Å². The van der Waals surface area contributed by atoms with E-state index in [0.29, 0.717) is 26.2 Å². The fourth-order valence-electron chi connectivity index (χ4n) is 1.47. The Morgan fingerprint density at radius 2 is 1.76 bits per heavy atom. The van der Waals surface area contributed by atoms with Gasteiger partial charge in [-0.2, -0.15) is 10.4 Å². The van der Waals surface area contributed by atoms with Crippen LogP contribution in [-0.4, -0.2) is 10.2 Å². The Hall–Kier alpha value is -1.41. The maximum Gasteiger partial charge on any atom is 0.154 e. The fourth-order valence-corrected chi connectivity index (χ4v) is 2.48. The first-order valence-electron chi connectivity index (χ1n) is 4.43. The number of benzene rings is 1. The van der Waals surface area contributed by atoms with E-state index in [2.05, 4.69) is 10.2 Å². The summed E-state index contributed by atoms with van der Waals surface area (Å²) in [6.45, 7) is 0. The third-order valence-corrected chi connectivity index (χ3v) is 2.98. The summed E-state index contributed by atoms with van der Waals surface area (Å²) in [5, 5.41) is 16.2. The van der Waals surface area contributed by atoms with Crippen LogP contribution in [0.5, 0.6) is 0 Å². The summed E-state index contributed by atoms with van der Waals surface area (Å²) >= 11 is 17.9. The van der Waals surface area contributed by atoms with Gasteiger partial charge in [-0.3, -0.25) is 5.10 Å². The molecule has 2 rings (SSSR count). The highest BCUT2D eigenvalue weighted by molar-refractivity contribution is 6.42. The number of halogens is 3. The van der Waals surface area contributed by atoms with Crippen molar-refractivity contribution < 1.29 is 0 Å². The zero-order chi connectivity index (χ0) is 12.6. The van der Waals surface area contributed by atoms with Gasteiger partial charge >= 0.3 is 0 Å². The van der Waals surface area contributed by atoms with E-state index in [-0.39, 0.29) is 11.5 Å². The van der Waals surface area contributed by atoms with Crippen molar-refractivity contribution in [3.63, 3.8) is 0 Å². The molecule has 0 aliphatic carbocycles. The van der Waals surface area contributed by atoms with Crippen LogP contribution >= 0.6 is 34.8 Å². The molecule has 1 aromatic carbocycles. The maximum absolute atomic E-state index is 8.94. The van der Waals surface area contributed by atoms with Gasteiger partial charge < -0.3 is 5.73 Å². The number of aromatic nitrogens is 2. The zero-order valence-corrected chi connectivity index (χ0v) is 10.5. The van der Waals surface area contributed by atoms with Crippen molar-refractivity contribution in [1.82, 2.24) is 10.2 Å². The van der Waals surface area contributed by atoms with Crippen LogP contribution in [0.2, 0.25) is 15.1 Å². The average molecular weight is 288 g/mol. The minimum Gasteiger partial charge on any atom is -0.382 e. The van der Waals surface area contributed by atoms with E-state index < -0.39 is 0 Å². The molecule has 1 heterocycles. The van der Waals surface area contributed by atoms with Gasteiger partial charge in [0, 0.05) is 10.6 Å². The smallest absolute Gasteiger partial charge is 0.154 e. The van der Waals surface area contributed by atoms with Crippen LogP contribution in [-0.2, 0) is 0 Å². The lowest BCUT2D eigenvalue weighted by Gasteiger charge is -2.07. The molecule has 0 radical (unpaired) electrons. The van der Waals surface area contributed by atoms with Crippen LogP contribution < -0.4 is 5.73 Å². The third kappa shape index (κ3) is 2.05. The summed E-state index contributed by atoms with van der Waals surface area (Å²) in [6, 6.07) is 4.99. The summed E-state index contributed by atoms with van der Waals surface area (Å²) in [4.78, 5) is 0. The number of anilines is 1. The SMILES string of the molecule is N#Cc1[nH]nc(N)c1-c1c(Cl)cc(Cl)cc1Cl. The number of H-pyrrole nitrogens is 1. The number of nitriles is 1. The number of aromatic amines is 1. The van der Waals surface area contributed by atoms with Crippen LogP contribution in [0, 0.1) is 11.3 Å². The Kier molecular flexibility index (Phi) is 3.16. The van der Waals surface area contributed by atoms with E-state index in [1.165, 1.54) is 12.1 Å². The molecular weight excluding hydrogens is 282 g/mol. The molecule has 17 heavy (non-hydrogen) atoms. The van der Waals surface area contributed by atoms with Crippen LogP contribution in [0.1, 0.15) is 5.69 Å². The van der Waals surface area contributed by atoms with E-state index in [1.54, 1.807) is 0 Å². The Morgan fingerprint density at radius 3 is 2.29 bits per heavy atom. The van der Waals surface area contributed by atoms with Gasteiger partial charge in [0.2, 0.25) is 0 Å². The normalized spacial score (nSPS) is 10.2. The van der Waals surface area contributed by atoms with Crippen molar-refractivity contribution in [2.24, 2.45) is 0 Å². The number of nitrogens with one attached hydrogen (secondary N) is 1. The molecular formula is C10H5Cl3N4. The van der Waals surface area contributed by atoms with Crippen molar-refractivity contribution in [1.29, 1.82) is 5.26 Å². The molecule has 4 nitrogen and oxygen atoms in total. The summed E-state index contributed by atoms with van der Waals surface area (Å²) in [7, 11) is 0. The van der Waals surface area contributed by atoms with Crippen LogP contribution in [0.15, 0.2) is 12.1 Å². The highest BCUT2D eigenvalue weighted by Crippen LogP contribution is 2.40. The first-order chi connectivity index (χ1) is 8.04. The predicted octanol–water partition coefficient (Wildman–Crippen LogP) is 3.49. The van der Waals surface area contributed by atoms with Gasteiger partial charge in [0.1, 0.15) is 11.8 Å². The molecule has 0 atom stereocenters. The van der Waals surface area contributed by atoms with Gasteiger partial charge in [-0.05, 0) is 12.1 Å². The first-order valence-corrected chi connectivity index (χ1v) is 5.57. The molecule has 3 N–H and O–H groups in total. The number of hydrogen-bond acceptors (Lipinski definition) is 3. The Morgan fingerprint density at radius 1 is 1.18 bits per heavy atom. The number of hydrogen-bond donors (Lipinski definition) is 2. The molecule has 0 saturated carbocycles. The number of nitrogen functional groups attached to an aromatic ring is 1. The van der Waals surface area contributed by atoms with Gasteiger partial charge in [0.25, 0.3) is 0 Å². The molecule has 0 aliphatic heterocycles. The molecule has 0 unspecified atom stereocenters. The van der Waals surface area contributed by atoms with Gasteiger partial charge in [-0.25, -0.2) is 0 Å². The number of rotatable bonds is 1. The van der Waals surface area contributed by atoms with Crippen LogP contribution in [0.4, 0.5) is 5.82 Å². The van der Waals surface area contributed by atoms with E-state index in [0.717, 1.165) is 0 Å². The lowest BCUT2D eigenvalue weighted by atomic mass is 10.1. The highest BCUT2D eigenvalue weighted by atomic mass is 35.5. The second kappa shape index (κ2) is 4.46. The van der Waals surface area contributed by atoms with Crippen molar-refractivity contribution in [2.75, 3.05) is 5.73 Å². The van der Waals surface area contributed by atoms with Crippen molar-refractivity contribution >= 4 is 40.6 Å². The number of nitrogens with zero attached hydrogens (tertiary/aromatic N) is 2. The molecule has 0 fully saturated rings. The van der Waals surface area contributed by atoms with E-state index in [4.69, 9.17) is 45.8 Å². The Bertz CT molecular complexity index is 604. The molecule has 7 heteroatoms. The summed E-state index contributed by atoms with van der Waals surface area (Å²) < 4.78 is 0. The van der Waals surface area contributed by atoms with Gasteiger partial charge in [0.05, 0.1) is 15.6 Å². The largest absolute Gasteiger partial charge is 0.382 e. The van der Waals surface area contributed by atoms with E-state index in [9.17, 15) is 0 Å². The van der Waals surface area contributed by atoms with Gasteiger partial charge in [-0.15, -0.1) is 0 Å². The van der Waals surface area contributed by atoms with Gasteiger partial charge in [0.15, 0.2) is 5.82 Å². The molecule has 0 saturated heterocycles. The monoisotopic (exact) mass is 286 g/mol. The average Bonchev–Trinajstić information content (AvgIpc) is 2.59. The molecule has 1 aromatic heterocycles. The lowest BCUT2D eigenvalue weighted by Crippen LogP contribution is -1.90. The molecule has 86 valence electrons. The van der Waals surface area contributed by atoms with Crippen molar-refractivity contribution in [3.05, 3.63) is 32.9 Å². The van der Waals surface area contributed by atoms with Crippen LogP contribution in [0.3, 0.4) is 0 Å². The van der Waals surface area contributed by atoms with Crippen LogP contribution in [0.25, 0.3) is 11.1 Å². The quantitative estimate of drug-likeness (QED) is 0.842. The van der Waals surface area contributed by atoms with Crippen molar-refractivity contribution in [2.45, 2.75) is 0 Å². The number of nitrogens with two attached hydrogens (primary N) is 1. The van der Waals surface area contributed by atoms with E-state index in [1.807, 2.05) is 6.07 Å². The molecule has 0 spiro atoms. The zero-order valence-electron chi connectivity index (χ0n) is 8.26. The molecule has 2 aromatic rings. The van der Waals surface area contributed by atoms with Gasteiger partial charge in [-0.1, -0.05) is 34.8 Å². The highest BCUT2D eigenvalue weighted by Gasteiger charge is 2.19. The molecule has 0 bridgehead atoms. The summed E-state index contributed by atoms with van der Waals surface area (Å²) in [6.07, 6.45) is 0.